The molecule has 106 valence electrons. The molecule has 6 heteroatoms. The van der Waals surface area contributed by atoms with E-state index in [1.165, 1.54) is 11.3 Å². The highest BCUT2D eigenvalue weighted by molar-refractivity contribution is 7.17. The van der Waals surface area contributed by atoms with E-state index in [4.69, 9.17) is 0 Å². The van der Waals surface area contributed by atoms with Crippen molar-refractivity contribution in [2.45, 2.75) is 19.4 Å². The number of H-pyrrole nitrogens is 1. The van der Waals surface area contributed by atoms with Crippen LogP contribution in [0, 0.1) is 5.92 Å². The normalized spacial score (nSPS) is 23.0. The van der Waals surface area contributed by atoms with E-state index >= 15 is 0 Å². The third kappa shape index (κ3) is 2.48. The Hall–Kier alpha value is -1.66. The van der Waals surface area contributed by atoms with Gasteiger partial charge in [-0.15, -0.1) is 11.3 Å². The average Bonchev–Trinajstić information content (AvgIpc) is 3.11. The SMILES string of the molecule is C[C@@H]1CN(C(=O)c2ccc(-c3ccn[nH]3)s2)CC[C@H]1O. The van der Waals surface area contributed by atoms with Crippen LogP contribution in [-0.2, 0) is 0 Å². The molecule has 2 aromatic heterocycles. The summed E-state index contributed by atoms with van der Waals surface area (Å²) in [6, 6.07) is 5.69. The van der Waals surface area contributed by atoms with Gasteiger partial charge < -0.3 is 10.0 Å². The fourth-order valence-electron chi connectivity index (χ4n) is 2.46. The highest BCUT2D eigenvalue weighted by Gasteiger charge is 2.28. The molecular weight excluding hydrogens is 274 g/mol. The molecule has 2 aromatic rings. The number of aliphatic hydroxyl groups is 1. The zero-order chi connectivity index (χ0) is 14.1. The summed E-state index contributed by atoms with van der Waals surface area (Å²) >= 11 is 1.47. The predicted octanol–water partition coefficient (Wildman–Crippen LogP) is 1.98. The third-order valence-corrected chi connectivity index (χ3v) is 4.84. The lowest BCUT2D eigenvalue weighted by Gasteiger charge is -2.34. The Morgan fingerprint density at radius 3 is 3.05 bits per heavy atom. The minimum atomic E-state index is -0.289. The van der Waals surface area contributed by atoms with Gasteiger partial charge in [-0.05, 0) is 30.5 Å². The second-order valence-electron chi connectivity index (χ2n) is 5.22. The lowest BCUT2D eigenvalue weighted by molar-refractivity contribution is 0.0300. The van der Waals surface area contributed by atoms with E-state index in [1.54, 1.807) is 6.20 Å². The Kier molecular flexibility index (Phi) is 3.58. The molecule has 0 radical (unpaired) electrons. The number of nitrogens with zero attached hydrogens (tertiary/aromatic N) is 2. The highest BCUT2D eigenvalue weighted by atomic mass is 32.1. The van der Waals surface area contributed by atoms with Crippen molar-refractivity contribution in [3.05, 3.63) is 29.3 Å². The molecule has 1 amide bonds. The molecule has 3 rings (SSSR count). The summed E-state index contributed by atoms with van der Waals surface area (Å²) < 4.78 is 0. The summed E-state index contributed by atoms with van der Waals surface area (Å²) in [5.41, 5.74) is 0.927. The van der Waals surface area contributed by atoms with Crippen LogP contribution in [0.5, 0.6) is 0 Å². The van der Waals surface area contributed by atoms with Crippen LogP contribution in [0.4, 0.5) is 0 Å². The average molecular weight is 291 g/mol. The van der Waals surface area contributed by atoms with Gasteiger partial charge in [-0.1, -0.05) is 6.92 Å². The second kappa shape index (κ2) is 5.38. The Morgan fingerprint density at radius 2 is 2.35 bits per heavy atom. The quantitative estimate of drug-likeness (QED) is 0.889. The Balaban J connectivity index is 1.75. The highest BCUT2D eigenvalue weighted by Crippen LogP contribution is 2.28. The van der Waals surface area contributed by atoms with Gasteiger partial charge in [-0.3, -0.25) is 9.89 Å². The van der Waals surface area contributed by atoms with Crippen LogP contribution in [0.15, 0.2) is 24.4 Å². The number of hydrogen-bond donors (Lipinski definition) is 2. The number of aromatic nitrogens is 2. The lowest BCUT2D eigenvalue weighted by atomic mass is 9.97. The number of hydrogen-bond acceptors (Lipinski definition) is 4. The van der Waals surface area contributed by atoms with E-state index in [9.17, 15) is 9.90 Å². The van der Waals surface area contributed by atoms with Gasteiger partial charge in [0.25, 0.3) is 5.91 Å². The summed E-state index contributed by atoms with van der Waals surface area (Å²) in [7, 11) is 0. The van der Waals surface area contributed by atoms with Crippen molar-refractivity contribution in [3.8, 4) is 10.6 Å². The van der Waals surface area contributed by atoms with E-state index in [0.717, 1.165) is 15.4 Å². The number of rotatable bonds is 2. The number of nitrogens with one attached hydrogen (secondary N) is 1. The van der Waals surface area contributed by atoms with Crippen LogP contribution in [0.1, 0.15) is 23.0 Å². The molecule has 1 aliphatic heterocycles. The smallest absolute Gasteiger partial charge is 0.263 e. The van der Waals surface area contributed by atoms with Gasteiger partial charge in [0.1, 0.15) is 0 Å². The largest absolute Gasteiger partial charge is 0.393 e. The number of likely N-dealkylation sites (tertiary alicyclic amines) is 1. The topological polar surface area (TPSA) is 69.2 Å². The van der Waals surface area contributed by atoms with Crippen LogP contribution in [0.2, 0.25) is 0 Å². The molecule has 2 atom stereocenters. The molecule has 0 spiro atoms. The molecule has 3 heterocycles. The molecule has 0 aliphatic carbocycles. The van der Waals surface area contributed by atoms with Crippen LogP contribution >= 0.6 is 11.3 Å². The summed E-state index contributed by atoms with van der Waals surface area (Å²) in [6.45, 7) is 3.23. The maximum atomic E-state index is 12.5. The molecule has 5 nitrogen and oxygen atoms in total. The Morgan fingerprint density at radius 1 is 1.50 bits per heavy atom. The van der Waals surface area contributed by atoms with Crippen LogP contribution in [0.25, 0.3) is 10.6 Å². The van der Waals surface area contributed by atoms with Gasteiger partial charge in [0.2, 0.25) is 0 Å². The fourth-order valence-corrected chi connectivity index (χ4v) is 3.41. The van der Waals surface area contributed by atoms with E-state index in [1.807, 2.05) is 30.0 Å². The minimum absolute atomic E-state index is 0.0551. The van der Waals surface area contributed by atoms with Gasteiger partial charge in [-0.2, -0.15) is 5.10 Å². The molecule has 0 aromatic carbocycles. The molecule has 2 N–H and O–H groups in total. The second-order valence-corrected chi connectivity index (χ2v) is 6.30. The molecule has 0 unspecified atom stereocenters. The monoisotopic (exact) mass is 291 g/mol. The van der Waals surface area contributed by atoms with Crippen molar-refractivity contribution in [2.75, 3.05) is 13.1 Å². The van der Waals surface area contributed by atoms with E-state index < -0.39 is 0 Å². The summed E-state index contributed by atoms with van der Waals surface area (Å²) in [5, 5.41) is 16.6. The summed E-state index contributed by atoms with van der Waals surface area (Å²) in [4.78, 5) is 16.0. The first-order valence-corrected chi connectivity index (χ1v) is 7.53. The number of aromatic amines is 1. The van der Waals surface area contributed by atoms with Gasteiger partial charge in [-0.25, -0.2) is 0 Å². The van der Waals surface area contributed by atoms with Crippen LogP contribution in [-0.4, -0.2) is 45.3 Å². The maximum absolute atomic E-state index is 12.5. The van der Waals surface area contributed by atoms with Gasteiger partial charge in [0.15, 0.2) is 0 Å². The number of thiophene rings is 1. The Bertz CT molecular complexity index is 593. The van der Waals surface area contributed by atoms with E-state index in [0.29, 0.717) is 19.5 Å². The number of piperidine rings is 1. The molecule has 1 saturated heterocycles. The number of carbonyl (C=O) groups is 1. The van der Waals surface area contributed by atoms with E-state index in [-0.39, 0.29) is 17.9 Å². The van der Waals surface area contributed by atoms with Gasteiger partial charge in [0.05, 0.1) is 21.6 Å². The molecule has 0 saturated carbocycles. The minimum Gasteiger partial charge on any atom is -0.393 e. The number of amides is 1. The van der Waals surface area contributed by atoms with Gasteiger partial charge in [0, 0.05) is 19.3 Å². The van der Waals surface area contributed by atoms with Crippen molar-refractivity contribution >= 4 is 17.2 Å². The molecule has 0 bridgehead atoms. The number of aliphatic hydroxyl groups excluding tert-OH is 1. The molecule has 20 heavy (non-hydrogen) atoms. The Labute approximate surface area is 121 Å². The zero-order valence-corrected chi connectivity index (χ0v) is 12.1. The van der Waals surface area contributed by atoms with Crippen LogP contribution in [0.3, 0.4) is 0 Å². The van der Waals surface area contributed by atoms with E-state index in [2.05, 4.69) is 10.2 Å². The van der Waals surface area contributed by atoms with Crippen molar-refractivity contribution in [1.82, 2.24) is 15.1 Å². The standard InChI is InChI=1S/C14H17N3O2S/c1-9-8-17(7-5-11(9)18)14(19)13-3-2-12(20-13)10-4-6-15-16-10/h2-4,6,9,11,18H,5,7-8H2,1H3,(H,15,16)/t9-,11-/m1/s1. The van der Waals surface area contributed by atoms with Crippen molar-refractivity contribution in [1.29, 1.82) is 0 Å². The maximum Gasteiger partial charge on any atom is 0.263 e. The first kappa shape index (κ1) is 13.3. The first-order chi connectivity index (χ1) is 9.65. The summed E-state index contributed by atoms with van der Waals surface area (Å²) in [6.07, 6.45) is 2.07. The molecular formula is C14H17N3O2S. The third-order valence-electron chi connectivity index (χ3n) is 3.73. The molecule has 1 aliphatic rings. The zero-order valence-electron chi connectivity index (χ0n) is 11.2. The van der Waals surface area contributed by atoms with Crippen LogP contribution < -0.4 is 0 Å². The summed E-state index contributed by atoms with van der Waals surface area (Å²) in [5.74, 6) is 0.194. The first-order valence-electron chi connectivity index (χ1n) is 6.72. The molecule has 1 fully saturated rings. The lowest BCUT2D eigenvalue weighted by Crippen LogP contribution is -2.44. The van der Waals surface area contributed by atoms with Crippen molar-refractivity contribution in [2.24, 2.45) is 5.92 Å². The predicted molar refractivity (Wildman–Crippen MR) is 77.6 cm³/mol. The van der Waals surface area contributed by atoms with Gasteiger partial charge >= 0.3 is 0 Å². The fraction of sp³-hybridized carbons (Fsp3) is 0.429. The van der Waals surface area contributed by atoms with Crippen molar-refractivity contribution in [3.63, 3.8) is 0 Å². The van der Waals surface area contributed by atoms with Crippen molar-refractivity contribution < 1.29 is 9.90 Å². The number of carbonyl (C=O) groups excluding carboxylic acids is 1.